The van der Waals surface area contributed by atoms with Crippen LogP contribution in [0.5, 0.6) is 0 Å². The van der Waals surface area contributed by atoms with E-state index >= 15 is 0 Å². The molecule has 30 heavy (non-hydrogen) atoms. The smallest absolute Gasteiger partial charge is 0.338 e. The molecule has 0 spiro atoms. The van der Waals surface area contributed by atoms with Gasteiger partial charge in [0.1, 0.15) is 13.2 Å². The van der Waals surface area contributed by atoms with Crippen LogP contribution in [-0.2, 0) is 28.1 Å². The molecule has 0 aliphatic rings. The molecule has 1 rings (SSSR count). The Morgan fingerprint density at radius 3 is 2.33 bits per heavy atom. The largest absolute Gasteiger partial charge is 0.465 e. The van der Waals surface area contributed by atoms with Crippen molar-refractivity contribution < 1.29 is 37.8 Å². The second-order valence-electron chi connectivity index (χ2n) is 5.86. The molecule has 170 valence electrons. The lowest BCUT2D eigenvalue weighted by atomic mass is 10.2. The Kier molecular flexibility index (Phi) is 15.0. The molecule has 1 atom stereocenters. The van der Waals surface area contributed by atoms with Crippen molar-refractivity contribution in [2.24, 2.45) is 0 Å². The van der Waals surface area contributed by atoms with Crippen molar-refractivity contribution in [2.45, 2.75) is 19.8 Å². The summed E-state index contributed by atoms with van der Waals surface area (Å²) in [5.74, 6) is 0.656. The fraction of sp³-hybridized carbons (Fsp3) is 0.579. The Morgan fingerprint density at radius 1 is 1.00 bits per heavy atom. The van der Waals surface area contributed by atoms with Gasteiger partial charge in [-0.3, -0.25) is 9.36 Å². The highest BCUT2D eigenvalue weighted by Gasteiger charge is 2.17. The molecule has 11 heteroatoms. The molecule has 0 aliphatic heterocycles. The van der Waals surface area contributed by atoms with Gasteiger partial charge in [-0.1, -0.05) is 39.8 Å². The van der Waals surface area contributed by atoms with Crippen LogP contribution in [0.1, 0.15) is 30.1 Å². The van der Waals surface area contributed by atoms with Gasteiger partial charge in [0, 0.05) is 24.5 Å². The van der Waals surface area contributed by atoms with Crippen LogP contribution in [0, 0.1) is 0 Å². The minimum absolute atomic E-state index is 0.0639. The molecule has 0 amide bonds. The van der Waals surface area contributed by atoms with E-state index in [-0.39, 0.29) is 37.7 Å². The number of carbonyl (C=O) groups excluding carboxylic acids is 2. The van der Waals surface area contributed by atoms with E-state index in [1.165, 1.54) is 0 Å². The molecule has 1 N–H and O–H groups in total. The highest BCUT2D eigenvalue weighted by Crippen LogP contribution is 2.40. The Labute approximate surface area is 185 Å². The molecule has 0 saturated carbocycles. The average molecular weight is 481 g/mol. The number of carbonyl (C=O) groups is 2. The fourth-order valence-corrected chi connectivity index (χ4v) is 4.62. The maximum Gasteiger partial charge on any atom is 0.338 e. The summed E-state index contributed by atoms with van der Waals surface area (Å²) in [7, 11) is -0.460. The van der Waals surface area contributed by atoms with E-state index in [1.54, 1.807) is 52.8 Å². The number of benzene rings is 1. The highest BCUT2D eigenvalue weighted by molar-refractivity contribution is 8.76. The number of hydrogen-bond acceptors (Lipinski definition) is 9. The third kappa shape index (κ3) is 14.1. The SMILES string of the molecule is CCOP(=O)(O)CCOCCCC(=O)OCCSSCCOC(=O)c1ccccc1. The molecule has 0 saturated heterocycles. The molecular weight excluding hydrogens is 451 g/mol. The van der Waals surface area contributed by atoms with Gasteiger partial charge in [0.05, 0.1) is 24.9 Å². The topological polar surface area (TPSA) is 108 Å². The highest BCUT2D eigenvalue weighted by atomic mass is 33.1. The van der Waals surface area contributed by atoms with E-state index in [0.29, 0.717) is 43.3 Å². The maximum absolute atomic E-state index is 11.7. The van der Waals surface area contributed by atoms with E-state index in [2.05, 4.69) is 0 Å². The number of ether oxygens (including phenoxy) is 3. The summed E-state index contributed by atoms with van der Waals surface area (Å²) in [5, 5.41) is 0. The molecule has 0 bridgehead atoms. The minimum Gasteiger partial charge on any atom is -0.465 e. The summed E-state index contributed by atoms with van der Waals surface area (Å²) in [6, 6.07) is 8.83. The van der Waals surface area contributed by atoms with Crippen LogP contribution in [0.3, 0.4) is 0 Å². The average Bonchev–Trinajstić information content (AvgIpc) is 2.72. The molecule has 1 aromatic rings. The van der Waals surface area contributed by atoms with Gasteiger partial charge in [0.25, 0.3) is 0 Å². The lowest BCUT2D eigenvalue weighted by Gasteiger charge is -2.10. The zero-order valence-corrected chi connectivity index (χ0v) is 19.6. The minimum atomic E-state index is -3.55. The van der Waals surface area contributed by atoms with Crippen LogP contribution in [-0.4, -0.2) is 67.5 Å². The van der Waals surface area contributed by atoms with Gasteiger partial charge in [-0.25, -0.2) is 4.79 Å². The normalized spacial score (nSPS) is 12.9. The predicted molar refractivity (Wildman–Crippen MR) is 119 cm³/mol. The van der Waals surface area contributed by atoms with Crippen LogP contribution in [0.4, 0.5) is 0 Å². The van der Waals surface area contributed by atoms with Crippen LogP contribution in [0.25, 0.3) is 0 Å². The summed E-state index contributed by atoms with van der Waals surface area (Å²) in [4.78, 5) is 32.7. The third-order valence-electron chi connectivity index (χ3n) is 3.44. The molecule has 8 nitrogen and oxygen atoms in total. The molecule has 0 heterocycles. The summed E-state index contributed by atoms with van der Waals surface area (Å²) in [6.45, 7) is 2.88. The first-order valence-corrected chi connectivity index (χ1v) is 13.9. The zero-order chi connectivity index (χ0) is 22.1. The molecule has 1 aromatic carbocycles. The zero-order valence-electron chi connectivity index (χ0n) is 17.0. The van der Waals surface area contributed by atoms with Crippen molar-refractivity contribution in [3.63, 3.8) is 0 Å². The summed E-state index contributed by atoms with van der Waals surface area (Å²) < 4.78 is 31.7. The van der Waals surface area contributed by atoms with Crippen LogP contribution in [0.15, 0.2) is 30.3 Å². The number of rotatable bonds is 17. The van der Waals surface area contributed by atoms with Gasteiger partial charge < -0.3 is 23.6 Å². The molecule has 0 radical (unpaired) electrons. The Morgan fingerprint density at radius 2 is 1.67 bits per heavy atom. The second kappa shape index (κ2) is 16.6. The summed E-state index contributed by atoms with van der Waals surface area (Å²) >= 11 is 0. The second-order valence-corrected chi connectivity index (χ2v) is 10.5. The van der Waals surface area contributed by atoms with Gasteiger partial charge in [0.15, 0.2) is 0 Å². The van der Waals surface area contributed by atoms with Gasteiger partial charge in [-0.2, -0.15) is 0 Å². The van der Waals surface area contributed by atoms with Gasteiger partial charge in [-0.15, -0.1) is 0 Å². The van der Waals surface area contributed by atoms with Gasteiger partial charge >= 0.3 is 19.5 Å². The van der Waals surface area contributed by atoms with E-state index < -0.39 is 7.60 Å². The Balaban J connectivity index is 1.89. The van der Waals surface area contributed by atoms with Crippen molar-refractivity contribution in [1.82, 2.24) is 0 Å². The van der Waals surface area contributed by atoms with Crippen molar-refractivity contribution in [1.29, 1.82) is 0 Å². The fourth-order valence-electron chi connectivity index (χ4n) is 2.07. The van der Waals surface area contributed by atoms with Crippen molar-refractivity contribution in [3.8, 4) is 0 Å². The van der Waals surface area contributed by atoms with E-state index in [9.17, 15) is 19.0 Å². The standard InChI is InChI=1S/C19H29O8PS2/c1-2-27-28(22,23)14-11-24-10-6-9-18(20)25-12-15-29-30-16-13-26-19(21)17-7-4-3-5-8-17/h3-5,7-8H,2,6,9-16H2,1H3,(H,22,23). The van der Waals surface area contributed by atoms with Crippen molar-refractivity contribution in [2.75, 3.05) is 50.7 Å². The van der Waals surface area contributed by atoms with Crippen LogP contribution in [0.2, 0.25) is 0 Å². The molecule has 1 unspecified atom stereocenters. The first kappa shape index (κ1) is 27.0. The summed E-state index contributed by atoms with van der Waals surface area (Å²) in [5.41, 5.74) is 0.534. The van der Waals surface area contributed by atoms with E-state index in [4.69, 9.17) is 18.7 Å². The van der Waals surface area contributed by atoms with Gasteiger partial charge in [0.2, 0.25) is 0 Å². The lowest BCUT2D eigenvalue weighted by molar-refractivity contribution is -0.143. The quantitative estimate of drug-likeness (QED) is 0.153. The number of esters is 2. The Bertz CT molecular complexity index is 659. The maximum atomic E-state index is 11.7. The van der Waals surface area contributed by atoms with Crippen LogP contribution >= 0.6 is 29.2 Å². The lowest BCUT2D eigenvalue weighted by Crippen LogP contribution is -2.10. The number of hydrogen-bond donors (Lipinski definition) is 1. The van der Waals surface area contributed by atoms with Crippen molar-refractivity contribution >= 4 is 41.1 Å². The Hall–Kier alpha value is -1.03. The molecule has 0 aliphatic carbocycles. The molecular formula is C19H29O8PS2. The van der Waals surface area contributed by atoms with Gasteiger partial charge in [-0.05, 0) is 25.5 Å². The summed E-state index contributed by atoms with van der Waals surface area (Å²) in [6.07, 6.45) is 0.652. The predicted octanol–water partition coefficient (Wildman–Crippen LogP) is 3.79. The third-order valence-corrected chi connectivity index (χ3v) is 7.18. The van der Waals surface area contributed by atoms with Crippen LogP contribution < -0.4 is 0 Å². The molecule has 0 fully saturated rings. The first-order valence-electron chi connectivity index (χ1n) is 9.61. The van der Waals surface area contributed by atoms with Crippen molar-refractivity contribution in [3.05, 3.63) is 35.9 Å². The van der Waals surface area contributed by atoms with E-state index in [0.717, 1.165) is 0 Å². The van der Waals surface area contributed by atoms with E-state index in [1.807, 2.05) is 6.07 Å². The first-order chi connectivity index (χ1) is 14.4. The molecule has 0 aromatic heterocycles. The monoisotopic (exact) mass is 480 g/mol.